The van der Waals surface area contributed by atoms with Crippen LogP contribution in [0.3, 0.4) is 0 Å². The SMILES string of the molecule is Cc1sc2nc(CSC(C)CCN)nc(N)c2c1C. The van der Waals surface area contributed by atoms with Crippen LogP contribution in [0.4, 0.5) is 5.82 Å². The van der Waals surface area contributed by atoms with Crippen molar-refractivity contribution in [1.82, 2.24) is 9.97 Å². The highest BCUT2D eigenvalue weighted by Crippen LogP contribution is 2.32. The molecule has 1 unspecified atom stereocenters. The summed E-state index contributed by atoms with van der Waals surface area (Å²) in [6.45, 7) is 7.07. The molecule has 2 aromatic heterocycles. The highest BCUT2D eigenvalue weighted by molar-refractivity contribution is 7.99. The van der Waals surface area contributed by atoms with Gasteiger partial charge < -0.3 is 11.5 Å². The van der Waals surface area contributed by atoms with Gasteiger partial charge >= 0.3 is 0 Å². The van der Waals surface area contributed by atoms with Crippen LogP contribution in [0.5, 0.6) is 0 Å². The maximum Gasteiger partial charge on any atom is 0.142 e. The van der Waals surface area contributed by atoms with E-state index in [0.29, 0.717) is 11.1 Å². The first-order valence-corrected chi connectivity index (χ1v) is 8.23. The molecule has 0 amide bonds. The number of hydrogen-bond acceptors (Lipinski definition) is 6. The van der Waals surface area contributed by atoms with Gasteiger partial charge in [-0.1, -0.05) is 6.92 Å². The van der Waals surface area contributed by atoms with Gasteiger partial charge in [0.1, 0.15) is 16.5 Å². The number of nitrogens with two attached hydrogens (primary N) is 2. The van der Waals surface area contributed by atoms with E-state index in [-0.39, 0.29) is 0 Å². The molecule has 0 saturated carbocycles. The Balaban J connectivity index is 2.21. The van der Waals surface area contributed by atoms with Gasteiger partial charge in [-0.05, 0) is 32.4 Å². The molecule has 104 valence electrons. The third-order valence-corrected chi connectivity index (χ3v) is 5.50. The van der Waals surface area contributed by atoms with Gasteiger partial charge in [0.2, 0.25) is 0 Å². The Morgan fingerprint density at radius 1 is 1.32 bits per heavy atom. The topological polar surface area (TPSA) is 77.8 Å². The fraction of sp³-hybridized carbons (Fsp3) is 0.538. The zero-order valence-corrected chi connectivity index (χ0v) is 13.2. The Kier molecular flexibility index (Phi) is 4.65. The molecule has 0 aliphatic rings. The lowest BCUT2D eigenvalue weighted by atomic mass is 10.2. The van der Waals surface area contributed by atoms with Crippen LogP contribution in [-0.4, -0.2) is 21.8 Å². The highest BCUT2D eigenvalue weighted by atomic mass is 32.2. The summed E-state index contributed by atoms with van der Waals surface area (Å²) in [5.74, 6) is 2.21. The second kappa shape index (κ2) is 6.07. The average molecular weight is 296 g/mol. The van der Waals surface area contributed by atoms with Gasteiger partial charge in [-0.3, -0.25) is 0 Å². The van der Waals surface area contributed by atoms with Gasteiger partial charge in [0, 0.05) is 10.1 Å². The van der Waals surface area contributed by atoms with E-state index in [4.69, 9.17) is 11.5 Å². The van der Waals surface area contributed by atoms with E-state index in [9.17, 15) is 0 Å². The minimum absolute atomic E-state index is 0.525. The number of nitrogen functional groups attached to an aromatic ring is 1. The molecule has 0 radical (unpaired) electrons. The second-order valence-electron chi connectivity index (χ2n) is 4.69. The molecule has 0 spiro atoms. The second-order valence-corrected chi connectivity index (χ2v) is 7.32. The van der Waals surface area contributed by atoms with E-state index in [1.165, 1.54) is 10.4 Å². The summed E-state index contributed by atoms with van der Waals surface area (Å²) in [4.78, 5) is 11.3. The van der Waals surface area contributed by atoms with Crippen molar-refractivity contribution in [2.75, 3.05) is 12.3 Å². The maximum absolute atomic E-state index is 6.06. The number of aromatic nitrogens is 2. The van der Waals surface area contributed by atoms with Crippen LogP contribution in [0.2, 0.25) is 0 Å². The minimum atomic E-state index is 0.525. The van der Waals surface area contributed by atoms with Crippen molar-refractivity contribution in [2.24, 2.45) is 5.73 Å². The quantitative estimate of drug-likeness (QED) is 0.887. The Morgan fingerprint density at radius 3 is 2.74 bits per heavy atom. The highest BCUT2D eigenvalue weighted by Gasteiger charge is 2.13. The molecule has 0 aliphatic heterocycles. The van der Waals surface area contributed by atoms with E-state index in [1.807, 2.05) is 11.8 Å². The molecule has 2 rings (SSSR count). The molecule has 0 fully saturated rings. The summed E-state index contributed by atoms with van der Waals surface area (Å²) in [7, 11) is 0. The molecule has 4 nitrogen and oxygen atoms in total. The number of thioether (sulfide) groups is 1. The zero-order valence-electron chi connectivity index (χ0n) is 11.6. The molecule has 0 bridgehead atoms. The maximum atomic E-state index is 6.06. The van der Waals surface area contributed by atoms with Gasteiger partial charge in [-0.2, -0.15) is 11.8 Å². The van der Waals surface area contributed by atoms with E-state index in [1.54, 1.807) is 11.3 Å². The molecule has 2 aromatic rings. The van der Waals surface area contributed by atoms with Crippen molar-refractivity contribution in [3.63, 3.8) is 0 Å². The molecule has 4 N–H and O–H groups in total. The first-order chi connectivity index (χ1) is 9.02. The van der Waals surface area contributed by atoms with Crippen LogP contribution in [0.1, 0.15) is 29.6 Å². The minimum Gasteiger partial charge on any atom is -0.383 e. The average Bonchev–Trinajstić information content (AvgIpc) is 2.63. The van der Waals surface area contributed by atoms with Crippen LogP contribution in [0, 0.1) is 13.8 Å². The molecule has 6 heteroatoms. The standard InChI is InChI=1S/C13H20N4S2/c1-7(4-5-14)18-6-10-16-12(15)11-8(2)9(3)19-13(11)17-10/h7H,4-6,14H2,1-3H3,(H2,15,16,17). The third kappa shape index (κ3) is 3.19. The van der Waals surface area contributed by atoms with Crippen molar-refractivity contribution in [1.29, 1.82) is 0 Å². The van der Waals surface area contributed by atoms with Crippen molar-refractivity contribution in [2.45, 2.75) is 38.2 Å². The van der Waals surface area contributed by atoms with E-state index < -0.39 is 0 Å². The zero-order chi connectivity index (χ0) is 14.0. The Labute approximate surface area is 122 Å². The molecule has 2 heterocycles. The fourth-order valence-electron chi connectivity index (χ4n) is 1.93. The summed E-state index contributed by atoms with van der Waals surface area (Å²) in [5, 5.41) is 1.54. The first kappa shape index (κ1) is 14.6. The third-order valence-electron chi connectivity index (χ3n) is 3.17. The van der Waals surface area contributed by atoms with Crippen molar-refractivity contribution in [3.8, 4) is 0 Å². The van der Waals surface area contributed by atoms with E-state index >= 15 is 0 Å². The number of hydrogen-bond donors (Lipinski definition) is 2. The summed E-state index contributed by atoms with van der Waals surface area (Å²) in [6, 6.07) is 0. The number of thiophene rings is 1. The molecule has 0 saturated heterocycles. The molecular formula is C13H20N4S2. The van der Waals surface area contributed by atoms with Crippen LogP contribution in [-0.2, 0) is 5.75 Å². The molecule has 19 heavy (non-hydrogen) atoms. The summed E-state index contributed by atoms with van der Waals surface area (Å²) < 4.78 is 0. The lowest BCUT2D eigenvalue weighted by Gasteiger charge is -2.09. The van der Waals surface area contributed by atoms with Crippen molar-refractivity contribution >= 4 is 39.1 Å². The lowest BCUT2D eigenvalue weighted by Crippen LogP contribution is -2.08. The fourth-order valence-corrected chi connectivity index (χ4v) is 3.85. The molecule has 0 aromatic carbocycles. The predicted molar refractivity (Wildman–Crippen MR) is 85.7 cm³/mol. The number of aryl methyl sites for hydroxylation is 2. The summed E-state index contributed by atoms with van der Waals surface area (Å²) in [6.07, 6.45) is 1.01. The largest absolute Gasteiger partial charge is 0.383 e. The first-order valence-electron chi connectivity index (χ1n) is 6.36. The van der Waals surface area contributed by atoms with Crippen LogP contribution >= 0.6 is 23.1 Å². The Bertz CT molecular complexity index is 580. The summed E-state index contributed by atoms with van der Waals surface area (Å²) >= 11 is 3.52. The van der Waals surface area contributed by atoms with Crippen LogP contribution < -0.4 is 11.5 Å². The number of nitrogens with zero attached hydrogens (tertiary/aromatic N) is 2. The van der Waals surface area contributed by atoms with Gasteiger partial charge in [0.25, 0.3) is 0 Å². The normalized spacial score (nSPS) is 13.1. The number of rotatable bonds is 5. The smallest absolute Gasteiger partial charge is 0.142 e. The van der Waals surface area contributed by atoms with Crippen molar-refractivity contribution < 1.29 is 0 Å². The van der Waals surface area contributed by atoms with E-state index in [2.05, 4.69) is 30.7 Å². The molecule has 1 atom stereocenters. The Hall–Kier alpha value is -0.850. The van der Waals surface area contributed by atoms with Crippen LogP contribution in [0.25, 0.3) is 10.2 Å². The van der Waals surface area contributed by atoms with Crippen molar-refractivity contribution in [3.05, 3.63) is 16.3 Å². The van der Waals surface area contributed by atoms with Gasteiger partial charge in [0.05, 0.1) is 11.1 Å². The Morgan fingerprint density at radius 2 is 2.05 bits per heavy atom. The predicted octanol–water partition coefficient (Wildman–Crippen LogP) is 2.86. The monoisotopic (exact) mass is 296 g/mol. The number of anilines is 1. The molecule has 0 aliphatic carbocycles. The van der Waals surface area contributed by atoms with Gasteiger partial charge in [-0.25, -0.2) is 9.97 Å². The van der Waals surface area contributed by atoms with Gasteiger partial charge in [-0.15, -0.1) is 11.3 Å². The van der Waals surface area contributed by atoms with E-state index in [0.717, 1.165) is 34.8 Å². The molecular weight excluding hydrogens is 276 g/mol. The van der Waals surface area contributed by atoms with Gasteiger partial charge in [0.15, 0.2) is 0 Å². The number of fused-ring (bicyclic) bond motifs is 1. The summed E-state index contributed by atoms with van der Waals surface area (Å²) in [5.41, 5.74) is 12.8. The van der Waals surface area contributed by atoms with Crippen LogP contribution in [0.15, 0.2) is 0 Å². The lowest BCUT2D eigenvalue weighted by molar-refractivity contribution is 0.821.